The van der Waals surface area contributed by atoms with Gasteiger partial charge in [-0.1, -0.05) is 17.7 Å². The van der Waals surface area contributed by atoms with Crippen molar-refractivity contribution in [2.75, 3.05) is 23.4 Å². The maximum absolute atomic E-state index is 12.7. The van der Waals surface area contributed by atoms with Crippen LogP contribution >= 0.6 is 11.6 Å². The van der Waals surface area contributed by atoms with Gasteiger partial charge in [0.1, 0.15) is 11.7 Å². The maximum Gasteiger partial charge on any atom is 0.262 e. The molecule has 2 aliphatic heterocycles. The second kappa shape index (κ2) is 7.75. The lowest BCUT2D eigenvalue weighted by molar-refractivity contribution is -0.132. The van der Waals surface area contributed by atoms with Crippen molar-refractivity contribution in [2.24, 2.45) is 5.92 Å². The molecule has 0 bridgehead atoms. The Morgan fingerprint density at radius 2 is 2.00 bits per heavy atom. The topological polar surface area (TPSA) is 87.7 Å². The highest BCUT2D eigenvalue weighted by atomic mass is 35.5. The molecule has 0 aromatic heterocycles. The molecule has 4 rings (SSSR count). The third kappa shape index (κ3) is 3.91. The maximum atomic E-state index is 12.7. The van der Waals surface area contributed by atoms with E-state index in [1.165, 1.54) is 0 Å². The van der Waals surface area contributed by atoms with Crippen molar-refractivity contribution in [2.45, 2.75) is 19.4 Å². The van der Waals surface area contributed by atoms with Gasteiger partial charge in [0.15, 0.2) is 6.61 Å². The summed E-state index contributed by atoms with van der Waals surface area (Å²) in [6.07, 6.45) is 0.452. The number of nitrogens with one attached hydrogen (secondary N) is 2. The van der Waals surface area contributed by atoms with Gasteiger partial charge in [-0.25, -0.2) is 0 Å². The van der Waals surface area contributed by atoms with Crippen LogP contribution in [0.4, 0.5) is 11.4 Å². The number of carbonyl (C=O) groups excluding carboxylic acids is 3. The van der Waals surface area contributed by atoms with E-state index in [1.807, 2.05) is 13.0 Å². The van der Waals surface area contributed by atoms with E-state index in [-0.39, 0.29) is 30.4 Å². The number of nitrogens with zero attached hydrogens (tertiary/aromatic N) is 1. The van der Waals surface area contributed by atoms with E-state index >= 15 is 0 Å². The molecule has 0 aliphatic carbocycles. The fraction of sp³-hybridized carbons (Fsp3) is 0.286. The van der Waals surface area contributed by atoms with Gasteiger partial charge in [-0.3, -0.25) is 14.4 Å². The first-order valence-electron chi connectivity index (χ1n) is 9.36. The molecule has 3 amide bonds. The van der Waals surface area contributed by atoms with Gasteiger partial charge in [0, 0.05) is 17.3 Å². The SMILES string of the molecule is CC(NC(=O)C1CCN(c2ccc(Cl)cc2)C1=O)c1ccc2c(c1)NC(=O)CO2. The van der Waals surface area contributed by atoms with E-state index in [9.17, 15) is 14.4 Å². The zero-order chi connectivity index (χ0) is 20.5. The molecule has 2 unspecified atom stereocenters. The van der Waals surface area contributed by atoms with Crippen LogP contribution in [-0.4, -0.2) is 30.9 Å². The third-order valence-electron chi connectivity index (χ3n) is 5.16. The molecule has 2 N–H and O–H groups in total. The van der Waals surface area contributed by atoms with Crippen molar-refractivity contribution in [3.05, 3.63) is 53.1 Å². The molecule has 0 radical (unpaired) electrons. The summed E-state index contributed by atoms with van der Waals surface area (Å²) in [5.41, 5.74) is 2.11. The molecule has 2 atom stereocenters. The molecule has 0 saturated carbocycles. The molecular weight excluding hydrogens is 394 g/mol. The predicted molar refractivity (Wildman–Crippen MR) is 109 cm³/mol. The first kappa shape index (κ1) is 19.3. The summed E-state index contributed by atoms with van der Waals surface area (Å²) >= 11 is 5.90. The van der Waals surface area contributed by atoms with Gasteiger partial charge in [-0.15, -0.1) is 0 Å². The summed E-state index contributed by atoms with van der Waals surface area (Å²) in [4.78, 5) is 38.6. The second-order valence-corrected chi connectivity index (χ2v) is 7.57. The standard InChI is InChI=1S/C21H20ClN3O4/c1-12(13-2-7-18-17(10-13)24-19(26)11-29-18)23-20(27)16-8-9-25(21(16)28)15-5-3-14(22)4-6-15/h2-7,10,12,16H,8-9,11H2,1H3,(H,23,27)(H,24,26). The van der Waals surface area contributed by atoms with E-state index in [1.54, 1.807) is 41.3 Å². The summed E-state index contributed by atoms with van der Waals surface area (Å²) in [6.45, 7) is 2.31. The average molecular weight is 414 g/mol. The molecule has 29 heavy (non-hydrogen) atoms. The molecule has 7 nitrogen and oxygen atoms in total. The molecular formula is C21H20ClN3O4. The van der Waals surface area contributed by atoms with Gasteiger partial charge in [0.25, 0.3) is 5.91 Å². The van der Waals surface area contributed by atoms with Crippen molar-refractivity contribution in [1.29, 1.82) is 0 Å². The van der Waals surface area contributed by atoms with Gasteiger partial charge >= 0.3 is 0 Å². The largest absolute Gasteiger partial charge is 0.482 e. The average Bonchev–Trinajstić information content (AvgIpc) is 3.09. The Kier molecular flexibility index (Phi) is 5.15. The Morgan fingerprint density at radius 3 is 2.76 bits per heavy atom. The van der Waals surface area contributed by atoms with Crippen LogP contribution in [0.5, 0.6) is 5.75 Å². The summed E-state index contributed by atoms with van der Waals surface area (Å²) in [6, 6.07) is 12.0. The number of ether oxygens (including phenoxy) is 1. The second-order valence-electron chi connectivity index (χ2n) is 7.13. The smallest absolute Gasteiger partial charge is 0.262 e. The van der Waals surface area contributed by atoms with Gasteiger partial charge in [-0.2, -0.15) is 0 Å². The number of halogens is 1. The number of benzene rings is 2. The molecule has 2 aliphatic rings. The van der Waals surface area contributed by atoms with Crippen LogP contribution in [0.1, 0.15) is 24.9 Å². The van der Waals surface area contributed by atoms with E-state index in [4.69, 9.17) is 16.3 Å². The zero-order valence-electron chi connectivity index (χ0n) is 15.8. The van der Waals surface area contributed by atoms with E-state index in [0.717, 1.165) is 11.3 Å². The minimum absolute atomic E-state index is 0.00739. The lowest BCUT2D eigenvalue weighted by atomic mass is 10.0. The molecule has 8 heteroatoms. The molecule has 0 spiro atoms. The zero-order valence-corrected chi connectivity index (χ0v) is 16.5. The van der Waals surface area contributed by atoms with E-state index in [2.05, 4.69) is 10.6 Å². The van der Waals surface area contributed by atoms with Crippen LogP contribution < -0.4 is 20.3 Å². The number of hydrogen-bond acceptors (Lipinski definition) is 4. The van der Waals surface area contributed by atoms with Crippen LogP contribution in [0.15, 0.2) is 42.5 Å². The van der Waals surface area contributed by atoms with E-state index in [0.29, 0.717) is 29.4 Å². The number of carbonyl (C=O) groups is 3. The summed E-state index contributed by atoms with van der Waals surface area (Å²) in [5, 5.41) is 6.25. The minimum Gasteiger partial charge on any atom is -0.482 e. The number of rotatable bonds is 4. The van der Waals surface area contributed by atoms with Gasteiger partial charge < -0.3 is 20.3 Å². The molecule has 1 fully saturated rings. The number of amides is 3. The molecule has 2 heterocycles. The quantitative estimate of drug-likeness (QED) is 0.754. The van der Waals surface area contributed by atoms with Crippen molar-refractivity contribution in [3.8, 4) is 5.75 Å². The lowest BCUT2D eigenvalue weighted by Gasteiger charge is -2.22. The summed E-state index contributed by atoms with van der Waals surface area (Å²) in [7, 11) is 0. The van der Waals surface area contributed by atoms with Crippen molar-refractivity contribution >= 4 is 40.7 Å². The molecule has 2 aromatic carbocycles. The van der Waals surface area contributed by atoms with Gasteiger partial charge in [0.2, 0.25) is 11.8 Å². The van der Waals surface area contributed by atoms with Gasteiger partial charge in [-0.05, 0) is 55.3 Å². The first-order valence-corrected chi connectivity index (χ1v) is 9.74. The fourth-order valence-electron chi connectivity index (χ4n) is 3.57. The van der Waals surface area contributed by atoms with E-state index < -0.39 is 5.92 Å². The Bertz CT molecular complexity index is 976. The Hall–Kier alpha value is -3.06. The highest BCUT2D eigenvalue weighted by Crippen LogP contribution is 2.31. The monoisotopic (exact) mass is 413 g/mol. The highest BCUT2D eigenvalue weighted by molar-refractivity contribution is 6.30. The van der Waals surface area contributed by atoms with Crippen LogP contribution in [0, 0.1) is 5.92 Å². The summed E-state index contributed by atoms with van der Waals surface area (Å²) < 4.78 is 5.35. The predicted octanol–water partition coefficient (Wildman–Crippen LogP) is 2.90. The molecule has 2 aromatic rings. The Morgan fingerprint density at radius 1 is 1.24 bits per heavy atom. The fourth-order valence-corrected chi connectivity index (χ4v) is 3.69. The Labute approximate surface area is 173 Å². The molecule has 150 valence electrons. The number of anilines is 2. The first-order chi connectivity index (χ1) is 13.9. The normalized spacial score (nSPS) is 19.2. The Balaban J connectivity index is 1.43. The number of hydrogen-bond donors (Lipinski definition) is 2. The lowest BCUT2D eigenvalue weighted by Crippen LogP contribution is -2.38. The van der Waals surface area contributed by atoms with Gasteiger partial charge in [0.05, 0.1) is 11.7 Å². The van der Waals surface area contributed by atoms with Crippen molar-refractivity contribution in [3.63, 3.8) is 0 Å². The van der Waals surface area contributed by atoms with Crippen LogP contribution in [0.2, 0.25) is 5.02 Å². The highest BCUT2D eigenvalue weighted by Gasteiger charge is 2.38. The third-order valence-corrected chi connectivity index (χ3v) is 5.41. The van der Waals surface area contributed by atoms with Crippen LogP contribution in [0.25, 0.3) is 0 Å². The van der Waals surface area contributed by atoms with Crippen molar-refractivity contribution in [1.82, 2.24) is 5.32 Å². The van der Waals surface area contributed by atoms with Crippen molar-refractivity contribution < 1.29 is 19.1 Å². The van der Waals surface area contributed by atoms with Crippen LogP contribution in [-0.2, 0) is 14.4 Å². The summed E-state index contributed by atoms with van der Waals surface area (Å²) in [5.74, 6) is -0.879. The molecule has 1 saturated heterocycles. The number of fused-ring (bicyclic) bond motifs is 1. The minimum atomic E-state index is -0.728. The van der Waals surface area contributed by atoms with Crippen LogP contribution in [0.3, 0.4) is 0 Å².